The van der Waals surface area contributed by atoms with Gasteiger partial charge in [0.25, 0.3) is 0 Å². The van der Waals surface area contributed by atoms with Gasteiger partial charge in [-0.3, -0.25) is 4.79 Å². The number of carboxylic acid groups (broad SMARTS) is 1. The van der Waals surface area contributed by atoms with Crippen molar-refractivity contribution in [3.63, 3.8) is 0 Å². The molecule has 0 aliphatic heterocycles. The molecule has 0 bridgehead atoms. The number of carboxylic acids is 1. The van der Waals surface area contributed by atoms with E-state index in [1.807, 2.05) is 52.3 Å². The zero-order valence-electron chi connectivity index (χ0n) is 24.4. The molecule has 2 N–H and O–H groups in total. The highest BCUT2D eigenvalue weighted by atomic mass is 32.2. The molecular weight excluding hydrogens is 577 g/mol. The summed E-state index contributed by atoms with van der Waals surface area (Å²) in [5, 5.41) is 13.6. The first-order valence-electron chi connectivity index (χ1n) is 14.1. The smallest absolute Gasteiger partial charge is 0.416 e. The summed E-state index contributed by atoms with van der Waals surface area (Å²) >= 11 is 1.59. The number of anilines is 1. The summed E-state index contributed by atoms with van der Waals surface area (Å²) < 4.78 is 48.8. The average Bonchev–Trinajstić information content (AvgIpc) is 3.27. The van der Waals surface area contributed by atoms with E-state index in [-0.39, 0.29) is 30.2 Å². The second-order valence-corrected chi connectivity index (χ2v) is 12.3. The average molecular weight is 613 g/mol. The first-order valence-corrected chi connectivity index (χ1v) is 14.9. The largest absolute Gasteiger partial charge is 0.493 e. The van der Waals surface area contributed by atoms with Crippen LogP contribution in [0.2, 0.25) is 0 Å². The number of rotatable bonds is 9. The maximum Gasteiger partial charge on any atom is 0.416 e. The predicted molar refractivity (Wildman–Crippen MR) is 163 cm³/mol. The van der Waals surface area contributed by atoms with Crippen LogP contribution in [-0.2, 0) is 18.0 Å². The minimum absolute atomic E-state index is 0.0739. The van der Waals surface area contributed by atoms with E-state index in [1.165, 1.54) is 12.1 Å². The third-order valence-electron chi connectivity index (χ3n) is 8.41. The zero-order chi connectivity index (χ0) is 30.9. The van der Waals surface area contributed by atoms with E-state index in [9.17, 15) is 23.1 Å². The summed E-state index contributed by atoms with van der Waals surface area (Å²) in [5.74, 6) is -0.964. The molecule has 1 aliphatic carbocycles. The van der Waals surface area contributed by atoms with Crippen LogP contribution in [0, 0.1) is 18.8 Å². The van der Waals surface area contributed by atoms with Crippen LogP contribution in [0.3, 0.4) is 0 Å². The van der Waals surface area contributed by atoms with Crippen molar-refractivity contribution in [2.45, 2.75) is 42.8 Å². The lowest BCUT2D eigenvalue weighted by atomic mass is 9.67. The third kappa shape index (κ3) is 6.78. The quantitative estimate of drug-likeness (QED) is 0.199. The van der Waals surface area contributed by atoms with Gasteiger partial charge in [0.15, 0.2) is 0 Å². The Morgan fingerprint density at radius 2 is 1.81 bits per heavy atom. The van der Waals surface area contributed by atoms with Gasteiger partial charge in [0, 0.05) is 36.6 Å². The van der Waals surface area contributed by atoms with Gasteiger partial charge in [-0.2, -0.15) is 13.2 Å². The summed E-state index contributed by atoms with van der Waals surface area (Å²) in [6.45, 7) is 2.07. The van der Waals surface area contributed by atoms with Crippen molar-refractivity contribution < 1.29 is 27.8 Å². The Morgan fingerprint density at radius 3 is 2.44 bits per heavy atom. The molecule has 11 heteroatoms. The number of aryl methyl sites for hydroxylation is 2. The fourth-order valence-electron chi connectivity index (χ4n) is 5.96. The first kappa shape index (κ1) is 30.7. The highest BCUT2D eigenvalue weighted by Gasteiger charge is 2.43. The van der Waals surface area contributed by atoms with Crippen LogP contribution < -0.4 is 14.4 Å². The highest BCUT2D eigenvalue weighted by molar-refractivity contribution is 8.00. The SMILES string of the molecule is CNC1C[C@H](COc2ccc(C(F)(F)F)cc2)C(C(=O)O)[C@H](c2ccc(N(C)Sc3ccc4c(c3)nc(C)n4C)cc2)C1. The molecular formula is C32H35F3N4O3S. The van der Waals surface area contributed by atoms with Gasteiger partial charge >= 0.3 is 12.1 Å². The second-order valence-electron chi connectivity index (χ2n) is 11.1. The Hall–Kier alpha value is -3.70. The van der Waals surface area contributed by atoms with Crippen LogP contribution in [0.15, 0.2) is 71.6 Å². The number of nitrogens with zero attached hydrogens (tertiary/aromatic N) is 3. The van der Waals surface area contributed by atoms with Gasteiger partial charge in [0.05, 0.1) is 29.1 Å². The Bertz CT molecular complexity index is 1570. The Balaban J connectivity index is 1.30. The monoisotopic (exact) mass is 612 g/mol. The summed E-state index contributed by atoms with van der Waals surface area (Å²) in [6.07, 6.45) is -3.19. The van der Waals surface area contributed by atoms with Gasteiger partial charge in [0.2, 0.25) is 0 Å². The van der Waals surface area contributed by atoms with E-state index in [0.717, 1.165) is 45.1 Å². The Morgan fingerprint density at radius 1 is 1.12 bits per heavy atom. The van der Waals surface area contributed by atoms with Crippen LogP contribution in [-0.4, -0.2) is 47.4 Å². The van der Waals surface area contributed by atoms with Crippen LogP contribution >= 0.6 is 11.9 Å². The molecule has 1 fully saturated rings. The Kier molecular flexibility index (Phi) is 8.94. The number of fused-ring (bicyclic) bond motifs is 1. The standard InChI is InChI=1S/C32H35F3N4O3S/c1-19-37-28-17-26(13-14-29(28)38(19)3)43-39(4)24-9-5-20(6-10-24)27-16-23(36-2)15-21(30(27)31(40)41)18-42-25-11-7-22(8-12-25)32(33,34)35/h5-14,17,21,23,27,30,36H,15-16,18H2,1-4H3,(H,40,41)/t21-,23?,27+,30?/m1/s1. The summed E-state index contributed by atoms with van der Waals surface area (Å²) in [5.41, 5.74) is 3.17. The number of nitrogens with one attached hydrogen (secondary N) is 1. The zero-order valence-corrected chi connectivity index (χ0v) is 25.2. The molecule has 0 spiro atoms. The number of benzene rings is 3. The molecule has 0 radical (unpaired) electrons. The molecule has 4 atom stereocenters. The maximum atomic E-state index is 12.9. The topological polar surface area (TPSA) is 79.6 Å². The molecule has 7 nitrogen and oxygen atoms in total. The van der Waals surface area contributed by atoms with Gasteiger partial charge < -0.3 is 24.0 Å². The molecule has 0 amide bonds. The van der Waals surface area contributed by atoms with Crippen molar-refractivity contribution >= 4 is 34.6 Å². The van der Waals surface area contributed by atoms with Crippen LogP contribution in [0.4, 0.5) is 18.9 Å². The van der Waals surface area contributed by atoms with Crippen LogP contribution in [0.25, 0.3) is 11.0 Å². The van der Waals surface area contributed by atoms with E-state index in [4.69, 9.17) is 4.74 Å². The van der Waals surface area contributed by atoms with Crippen molar-refractivity contribution in [3.05, 3.63) is 83.7 Å². The van der Waals surface area contributed by atoms with Crippen molar-refractivity contribution in [3.8, 4) is 5.75 Å². The second kappa shape index (κ2) is 12.5. The van der Waals surface area contributed by atoms with E-state index in [1.54, 1.807) is 11.9 Å². The Labute approximate surface area is 253 Å². The molecule has 4 aromatic rings. The molecule has 1 heterocycles. The lowest BCUT2D eigenvalue weighted by Gasteiger charge is -2.40. The number of aliphatic carboxylic acids is 1. The minimum Gasteiger partial charge on any atom is -0.493 e. The number of alkyl halides is 3. The number of carbonyl (C=O) groups is 1. The van der Waals surface area contributed by atoms with Gasteiger partial charge in [-0.1, -0.05) is 12.1 Å². The van der Waals surface area contributed by atoms with E-state index in [2.05, 4.69) is 37.4 Å². The molecule has 1 aliphatic rings. The fraction of sp³-hybridized carbons (Fsp3) is 0.375. The van der Waals surface area contributed by atoms with Crippen LogP contribution in [0.5, 0.6) is 5.75 Å². The molecule has 5 rings (SSSR count). The van der Waals surface area contributed by atoms with Gasteiger partial charge in [-0.25, -0.2) is 4.98 Å². The molecule has 0 saturated heterocycles. The summed E-state index contributed by atoms with van der Waals surface area (Å²) in [6, 6.07) is 18.8. The summed E-state index contributed by atoms with van der Waals surface area (Å²) in [7, 11) is 5.84. The molecule has 3 aromatic carbocycles. The third-order valence-corrected chi connectivity index (χ3v) is 9.36. The molecule has 43 heavy (non-hydrogen) atoms. The molecule has 228 valence electrons. The fourth-order valence-corrected chi connectivity index (χ4v) is 6.79. The highest BCUT2D eigenvalue weighted by Crippen LogP contribution is 2.43. The normalized spacial score (nSPS) is 20.7. The molecule has 2 unspecified atom stereocenters. The van der Waals surface area contributed by atoms with Gasteiger partial charge in [-0.05, 0) is 105 Å². The van der Waals surface area contributed by atoms with Crippen molar-refractivity contribution in [2.75, 3.05) is 25.0 Å². The van der Waals surface area contributed by atoms with Crippen molar-refractivity contribution in [1.29, 1.82) is 0 Å². The number of halogens is 3. The van der Waals surface area contributed by atoms with E-state index < -0.39 is 23.6 Å². The number of hydrogen-bond donors (Lipinski definition) is 2. The van der Waals surface area contributed by atoms with Crippen LogP contribution in [0.1, 0.15) is 35.7 Å². The van der Waals surface area contributed by atoms with E-state index >= 15 is 0 Å². The minimum atomic E-state index is -4.43. The lowest BCUT2D eigenvalue weighted by Crippen LogP contribution is -2.45. The first-order chi connectivity index (χ1) is 20.4. The van der Waals surface area contributed by atoms with Crippen molar-refractivity contribution in [1.82, 2.24) is 14.9 Å². The predicted octanol–water partition coefficient (Wildman–Crippen LogP) is 6.91. The number of imidazole rings is 1. The van der Waals surface area contributed by atoms with Gasteiger partial charge in [0.1, 0.15) is 11.6 Å². The van der Waals surface area contributed by atoms with Crippen molar-refractivity contribution in [2.24, 2.45) is 18.9 Å². The van der Waals surface area contributed by atoms with Gasteiger partial charge in [-0.15, -0.1) is 0 Å². The van der Waals surface area contributed by atoms with E-state index in [0.29, 0.717) is 12.8 Å². The number of ether oxygens (including phenoxy) is 1. The maximum absolute atomic E-state index is 12.9. The number of hydrogen-bond acceptors (Lipinski definition) is 6. The lowest BCUT2D eigenvalue weighted by molar-refractivity contribution is -0.147. The number of aromatic nitrogens is 2. The summed E-state index contributed by atoms with van der Waals surface area (Å²) in [4.78, 5) is 18.3. The molecule has 1 saturated carbocycles. The molecule has 1 aromatic heterocycles.